The van der Waals surface area contributed by atoms with Gasteiger partial charge in [0.2, 0.25) is 5.91 Å². The number of aliphatic hydroxyl groups excluding tert-OH is 1. The van der Waals surface area contributed by atoms with Crippen molar-refractivity contribution in [3.05, 3.63) is 0 Å². The number of hydrogen-bond donors (Lipinski definition) is 2. The van der Waals surface area contributed by atoms with E-state index in [9.17, 15) is 9.90 Å². The number of morpholine rings is 1. The molecule has 1 amide bonds. The van der Waals surface area contributed by atoms with Gasteiger partial charge in [0.05, 0.1) is 24.9 Å². The molecule has 0 bridgehead atoms. The lowest BCUT2D eigenvalue weighted by molar-refractivity contribution is -0.153. The minimum atomic E-state index is -0.319. The Hall–Kier alpha value is -0.650. The molecular weight excluding hydrogens is 244 g/mol. The third-order valence-corrected chi connectivity index (χ3v) is 3.47. The van der Waals surface area contributed by atoms with Gasteiger partial charge in [-0.2, -0.15) is 0 Å². The Labute approximate surface area is 116 Å². The molecule has 1 atom stereocenters. The molecule has 0 aliphatic carbocycles. The molecule has 1 aliphatic rings. The van der Waals surface area contributed by atoms with Gasteiger partial charge < -0.3 is 15.2 Å². The van der Waals surface area contributed by atoms with Crippen molar-refractivity contribution in [1.82, 2.24) is 10.2 Å². The summed E-state index contributed by atoms with van der Waals surface area (Å²) < 4.78 is 5.73. The van der Waals surface area contributed by atoms with Gasteiger partial charge in [-0.25, -0.2) is 0 Å². The first kappa shape index (κ1) is 16.4. The molecule has 1 fully saturated rings. The van der Waals surface area contributed by atoms with Crippen LogP contribution >= 0.6 is 0 Å². The lowest BCUT2D eigenvalue weighted by Crippen LogP contribution is -2.56. The highest BCUT2D eigenvalue weighted by molar-refractivity contribution is 5.78. The van der Waals surface area contributed by atoms with E-state index in [-0.39, 0.29) is 30.3 Å². The third-order valence-electron chi connectivity index (χ3n) is 3.47. The van der Waals surface area contributed by atoms with Crippen LogP contribution in [0.5, 0.6) is 0 Å². The molecule has 0 saturated carbocycles. The van der Waals surface area contributed by atoms with Crippen LogP contribution in [0.4, 0.5) is 0 Å². The number of aliphatic hydroxyl groups is 1. The molecule has 0 spiro atoms. The van der Waals surface area contributed by atoms with E-state index in [2.05, 4.69) is 24.1 Å². The monoisotopic (exact) mass is 272 g/mol. The molecule has 1 heterocycles. The summed E-state index contributed by atoms with van der Waals surface area (Å²) in [4.78, 5) is 14.0. The van der Waals surface area contributed by atoms with E-state index in [0.29, 0.717) is 19.6 Å². The van der Waals surface area contributed by atoms with Gasteiger partial charge >= 0.3 is 0 Å². The van der Waals surface area contributed by atoms with Crippen LogP contribution < -0.4 is 5.32 Å². The van der Waals surface area contributed by atoms with Gasteiger partial charge in [0, 0.05) is 19.1 Å². The Balaban J connectivity index is 2.48. The number of rotatable bonds is 6. The maximum Gasteiger partial charge on any atom is 0.234 e. The van der Waals surface area contributed by atoms with E-state index in [1.54, 1.807) is 0 Å². The summed E-state index contributed by atoms with van der Waals surface area (Å²) in [5, 5.41) is 12.3. The average Bonchev–Trinajstić information content (AvgIpc) is 2.33. The van der Waals surface area contributed by atoms with E-state index in [1.807, 2.05) is 13.8 Å². The van der Waals surface area contributed by atoms with E-state index in [0.717, 1.165) is 12.8 Å². The van der Waals surface area contributed by atoms with Crippen molar-refractivity contribution in [3.63, 3.8) is 0 Å². The predicted molar refractivity (Wildman–Crippen MR) is 75.0 cm³/mol. The summed E-state index contributed by atoms with van der Waals surface area (Å²) in [6, 6.07) is 0.259. The van der Waals surface area contributed by atoms with E-state index < -0.39 is 0 Å². The van der Waals surface area contributed by atoms with Crippen molar-refractivity contribution in [2.45, 2.75) is 58.3 Å². The summed E-state index contributed by atoms with van der Waals surface area (Å²) in [6.07, 6.45) is 1.70. The van der Waals surface area contributed by atoms with Gasteiger partial charge in [-0.3, -0.25) is 9.69 Å². The topological polar surface area (TPSA) is 61.8 Å². The van der Waals surface area contributed by atoms with Crippen LogP contribution in [-0.4, -0.2) is 59.9 Å². The van der Waals surface area contributed by atoms with Crippen LogP contribution in [0.25, 0.3) is 0 Å². The molecule has 112 valence electrons. The molecule has 0 radical (unpaired) electrons. The molecule has 19 heavy (non-hydrogen) atoms. The molecular formula is C14H28N2O3. The highest BCUT2D eigenvalue weighted by atomic mass is 16.5. The first-order valence-electron chi connectivity index (χ1n) is 7.20. The second-order valence-corrected chi connectivity index (χ2v) is 5.93. The number of ether oxygens (including phenoxy) is 1. The standard InChI is InChI=1S/C14H28N2O3/c1-5-11(6-2)15-13(18)8-16-7-12(9-17)19-14(3,4)10-16/h11-12,17H,5-10H2,1-4H3,(H,15,18). The summed E-state index contributed by atoms with van der Waals surface area (Å²) in [6.45, 7) is 9.81. The molecule has 1 saturated heterocycles. The Morgan fingerprint density at radius 1 is 1.47 bits per heavy atom. The van der Waals surface area contributed by atoms with Gasteiger partial charge in [0.1, 0.15) is 0 Å². The quantitative estimate of drug-likeness (QED) is 0.749. The van der Waals surface area contributed by atoms with Gasteiger partial charge in [0.25, 0.3) is 0 Å². The van der Waals surface area contributed by atoms with E-state index in [4.69, 9.17) is 4.74 Å². The van der Waals surface area contributed by atoms with Crippen LogP contribution in [-0.2, 0) is 9.53 Å². The third kappa shape index (κ3) is 5.47. The average molecular weight is 272 g/mol. The fourth-order valence-electron chi connectivity index (χ4n) is 2.60. The highest BCUT2D eigenvalue weighted by Gasteiger charge is 2.33. The lowest BCUT2D eigenvalue weighted by atomic mass is 10.1. The number of carbonyl (C=O) groups is 1. The number of nitrogens with one attached hydrogen (secondary N) is 1. The smallest absolute Gasteiger partial charge is 0.234 e. The number of hydrogen-bond acceptors (Lipinski definition) is 4. The molecule has 1 rings (SSSR count). The van der Waals surface area contributed by atoms with Gasteiger partial charge in [-0.15, -0.1) is 0 Å². The normalized spacial score (nSPS) is 23.6. The SMILES string of the molecule is CCC(CC)NC(=O)CN1CC(CO)OC(C)(C)C1. The van der Waals surface area contributed by atoms with Crippen LogP contribution in [0.2, 0.25) is 0 Å². The maximum absolute atomic E-state index is 12.0. The minimum absolute atomic E-state index is 0.00586. The Morgan fingerprint density at radius 3 is 2.63 bits per heavy atom. The first-order valence-corrected chi connectivity index (χ1v) is 7.20. The number of carbonyl (C=O) groups excluding carboxylic acids is 1. The molecule has 1 unspecified atom stereocenters. The van der Waals surface area contributed by atoms with Crippen molar-refractivity contribution in [1.29, 1.82) is 0 Å². The molecule has 5 nitrogen and oxygen atoms in total. The maximum atomic E-state index is 12.0. The fraction of sp³-hybridized carbons (Fsp3) is 0.929. The zero-order chi connectivity index (χ0) is 14.5. The summed E-state index contributed by atoms with van der Waals surface area (Å²) in [5.41, 5.74) is -0.319. The molecule has 2 N–H and O–H groups in total. The Kier molecular flexibility index (Phi) is 6.23. The van der Waals surface area contributed by atoms with Crippen LogP contribution in [0.15, 0.2) is 0 Å². The summed E-state index contributed by atoms with van der Waals surface area (Å²) >= 11 is 0. The van der Waals surface area contributed by atoms with Gasteiger partial charge in [-0.1, -0.05) is 13.8 Å². The van der Waals surface area contributed by atoms with Crippen molar-refractivity contribution in [2.75, 3.05) is 26.2 Å². The second-order valence-electron chi connectivity index (χ2n) is 5.93. The molecule has 5 heteroatoms. The minimum Gasteiger partial charge on any atom is -0.394 e. The van der Waals surface area contributed by atoms with Gasteiger partial charge in [-0.05, 0) is 26.7 Å². The summed E-state index contributed by atoms with van der Waals surface area (Å²) in [7, 11) is 0. The highest BCUT2D eigenvalue weighted by Crippen LogP contribution is 2.20. The first-order chi connectivity index (χ1) is 8.90. The van der Waals surface area contributed by atoms with Crippen LogP contribution in [0.3, 0.4) is 0 Å². The van der Waals surface area contributed by atoms with E-state index in [1.165, 1.54) is 0 Å². The fourth-order valence-corrected chi connectivity index (χ4v) is 2.60. The molecule has 0 aromatic heterocycles. The number of nitrogens with zero attached hydrogens (tertiary/aromatic N) is 1. The van der Waals surface area contributed by atoms with E-state index >= 15 is 0 Å². The number of amides is 1. The lowest BCUT2D eigenvalue weighted by Gasteiger charge is -2.42. The molecule has 0 aromatic carbocycles. The van der Waals surface area contributed by atoms with Crippen LogP contribution in [0.1, 0.15) is 40.5 Å². The van der Waals surface area contributed by atoms with Crippen molar-refractivity contribution in [3.8, 4) is 0 Å². The Bertz CT molecular complexity index is 290. The second kappa shape index (κ2) is 7.22. The van der Waals surface area contributed by atoms with Crippen molar-refractivity contribution in [2.24, 2.45) is 0 Å². The van der Waals surface area contributed by atoms with Crippen molar-refractivity contribution >= 4 is 5.91 Å². The predicted octanol–water partition coefficient (Wildman–Crippen LogP) is 0.763. The molecule has 1 aliphatic heterocycles. The van der Waals surface area contributed by atoms with Crippen molar-refractivity contribution < 1.29 is 14.6 Å². The largest absolute Gasteiger partial charge is 0.394 e. The zero-order valence-electron chi connectivity index (χ0n) is 12.6. The summed E-state index contributed by atoms with van der Waals surface area (Å²) in [5.74, 6) is 0.0584. The van der Waals surface area contributed by atoms with Crippen LogP contribution in [0, 0.1) is 0 Å². The molecule has 0 aromatic rings. The Morgan fingerprint density at radius 2 is 2.11 bits per heavy atom. The van der Waals surface area contributed by atoms with Gasteiger partial charge in [0.15, 0.2) is 0 Å². The zero-order valence-corrected chi connectivity index (χ0v) is 12.6.